The fraction of sp³-hybridized carbons (Fsp3) is 0.565. The Bertz CT molecular complexity index is 618. The van der Waals surface area contributed by atoms with Crippen molar-refractivity contribution >= 4 is 11.9 Å². The predicted molar refractivity (Wildman–Crippen MR) is 108 cm³/mol. The molecule has 0 spiro atoms. The molecule has 1 aromatic rings. The number of allylic oxidation sites excluding steroid dienone is 1. The van der Waals surface area contributed by atoms with E-state index < -0.39 is 11.2 Å². The fourth-order valence-corrected chi connectivity index (χ4v) is 2.69. The zero-order chi connectivity index (χ0) is 20.5. The van der Waals surface area contributed by atoms with Crippen molar-refractivity contribution in [2.24, 2.45) is 0 Å². The van der Waals surface area contributed by atoms with Crippen LogP contribution in [0.3, 0.4) is 0 Å². The van der Waals surface area contributed by atoms with Crippen LogP contribution in [-0.2, 0) is 19.1 Å². The molecule has 150 valence electrons. The van der Waals surface area contributed by atoms with Gasteiger partial charge < -0.3 is 9.47 Å². The van der Waals surface area contributed by atoms with Gasteiger partial charge in [-0.05, 0) is 72.3 Å². The molecular formula is C23H34O4. The van der Waals surface area contributed by atoms with Crippen LogP contribution in [0.25, 0.3) is 0 Å². The summed E-state index contributed by atoms with van der Waals surface area (Å²) in [6, 6.07) is 10.0. The molecule has 0 aliphatic carbocycles. The molecule has 0 saturated heterocycles. The molecule has 0 saturated carbocycles. The van der Waals surface area contributed by atoms with Crippen LogP contribution in [0.5, 0.6) is 0 Å². The summed E-state index contributed by atoms with van der Waals surface area (Å²) in [6.07, 6.45) is 6.16. The average Bonchev–Trinajstić information content (AvgIpc) is 2.50. The number of ether oxygens (including phenoxy) is 2. The molecule has 27 heavy (non-hydrogen) atoms. The van der Waals surface area contributed by atoms with Gasteiger partial charge in [0, 0.05) is 6.08 Å². The van der Waals surface area contributed by atoms with Crippen LogP contribution in [-0.4, -0.2) is 23.1 Å². The van der Waals surface area contributed by atoms with E-state index in [2.05, 4.69) is 0 Å². The smallest absolute Gasteiger partial charge is 0.330 e. The molecule has 0 aliphatic rings. The summed E-state index contributed by atoms with van der Waals surface area (Å²) < 4.78 is 10.7. The lowest BCUT2D eigenvalue weighted by Gasteiger charge is -2.22. The molecule has 0 aliphatic heterocycles. The highest BCUT2D eigenvalue weighted by Gasteiger charge is 2.21. The van der Waals surface area contributed by atoms with Crippen LogP contribution in [0.2, 0.25) is 0 Å². The molecule has 1 atom stereocenters. The summed E-state index contributed by atoms with van der Waals surface area (Å²) in [7, 11) is 0. The van der Waals surface area contributed by atoms with E-state index in [0.29, 0.717) is 6.42 Å². The summed E-state index contributed by atoms with van der Waals surface area (Å²) in [6.45, 7) is 11.2. The van der Waals surface area contributed by atoms with E-state index in [1.54, 1.807) is 0 Å². The Balaban J connectivity index is 2.58. The van der Waals surface area contributed by atoms with Crippen molar-refractivity contribution in [1.82, 2.24) is 0 Å². The first-order valence-electron chi connectivity index (χ1n) is 9.62. The third kappa shape index (κ3) is 11.3. The second kappa shape index (κ2) is 10.3. The van der Waals surface area contributed by atoms with Crippen molar-refractivity contribution in [2.75, 3.05) is 0 Å². The molecule has 0 fully saturated rings. The SMILES string of the molecule is CC(C)(C)OC(=O)/C=C/CCCC(CC(=O)OC(C)(C)C)c1ccccc1. The van der Waals surface area contributed by atoms with Gasteiger partial charge in [-0.3, -0.25) is 4.79 Å². The van der Waals surface area contributed by atoms with Crippen molar-refractivity contribution in [1.29, 1.82) is 0 Å². The second-order valence-electron chi connectivity index (χ2n) is 8.76. The largest absolute Gasteiger partial charge is 0.460 e. The summed E-state index contributed by atoms with van der Waals surface area (Å²) in [5.41, 5.74) is 0.182. The molecule has 0 aromatic heterocycles. The van der Waals surface area contributed by atoms with Gasteiger partial charge in [0.05, 0.1) is 6.42 Å². The Morgan fingerprint density at radius 3 is 2.11 bits per heavy atom. The minimum Gasteiger partial charge on any atom is -0.460 e. The van der Waals surface area contributed by atoms with Crippen LogP contribution in [0.4, 0.5) is 0 Å². The summed E-state index contributed by atoms with van der Waals surface area (Å²) in [5.74, 6) is -0.396. The molecule has 0 N–H and O–H groups in total. The van der Waals surface area contributed by atoms with Crippen LogP contribution in [0.1, 0.15) is 78.7 Å². The molecule has 1 rings (SSSR count). The van der Waals surface area contributed by atoms with Gasteiger partial charge in [-0.25, -0.2) is 4.79 Å². The van der Waals surface area contributed by atoms with Crippen molar-refractivity contribution in [3.8, 4) is 0 Å². The molecule has 0 amide bonds. The average molecular weight is 375 g/mol. The summed E-state index contributed by atoms with van der Waals surface area (Å²) in [4.78, 5) is 23.9. The first-order valence-corrected chi connectivity index (χ1v) is 9.62. The zero-order valence-corrected chi connectivity index (χ0v) is 17.6. The van der Waals surface area contributed by atoms with Crippen LogP contribution in [0, 0.1) is 0 Å². The van der Waals surface area contributed by atoms with Crippen molar-refractivity contribution in [2.45, 2.75) is 84.3 Å². The number of hydrogen-bond acceptors (Lipinski definition) is 4. The maximum Gasteiger partial charge on any atom is 0.330 e. The van der Waals surface area contributed by atoms with Crippen molar-refractivity contribution in [3.63, 3.8) is 0 Å². The third-order valence-electron chi connectivity index (χ3n) is 3.69. The van der Waals surface area contributed by atoms with Gasteiger partial charge in [0.2, 0.25) is 0 Å². The quantitative estimate of drug-likeness (QED) is 0.339. The topological polar surface area (TPSA) is 52.6 Å². The van der Waals surface area contributed by atoms with Gasteiger partial charge >= 0.3 is 11.9 Å². The van der Waals surface area contributed by atoms with Crippen LogP contribution in [0.15, 0.2) is 42.5 Å². The Morgan fingerprint density at radius 2 is 1.56 bits per heavy atom. The van der Waals surface area contributed by atoms with Crippen molar-refractivity contribution < 1.29 is 19.1 Å². The van der Waals surface area contributed by atoms with E-state index in [4.69, 9.17) is 9.47 Å². The number of carbonyl (C=O) groups is 2. The van der Waals surface area contributed by atoms with E-state index in [0.717, 1.165) is 24.8 Å². The summed E-state index contributed by atoms with van der Waals surface area (Å²) >= 11 is 0. The molecule has 1 aromatic carbocycles. The van der Waals surface area contributed by atoms with E-state index in [9.17, 15) is 9.59 Å². The highest BCUT2D eigenvalue weighted by Crippen LogP contribution is 2.27. The first-order chi connectivity index (χ1) is 12.5. The molecule has 0 radical (unpaired) electrons. The fourth-order valence-electron chi connectivity index (χ4n) is 2.69. The van der Waals surface area contributed by atoms with E-state index in [1.807, 2.05) is 78.0 Å². The number of benzene rings is 1. The van der Waals surface area contributed by atoms with Gasteiger partial charge in [0.25, 0.3) is 0 Å². The minimum atomic E-state index is -0.479. The van der Waals surface area contributed by atoms with Gasteiger partial charge in [0.1, 0.15) is 11.2 Å². The van der Waals surface area contributed by atoms with Gasteiger partial charge in [-0.2, -0.15) is 0 Å². The van der Waals surface area contributed by atoms with E-state index in [1.165, 1.54) is 6.08 Å². The van der Waals surface area contributed by atoms with E-state index in [-0.39, 0.29) is 17.9 Å². The number of rotatable bonds is 8. The van der Waals surface area contributed by atoms with Crippen molar-refractivity contribution in [3.05, 3.63) is 48.0 Å². The second-order valence-corrected chi connectivity index (χ2v) is 8.76. The van der Waals surface area contributed by atoms with Crippen LogP contribution >= 0.6 is 0 Å². The molecule has 4 heteroatoms. The Morgan fingerprint density at radius 1 is 0.963 bits per heavy atom. The minimum absolute atomic E-state index is 0.107. The highest BCUT2D eigenvalue weighted by molar-refractivity contribution is 5.82. The number of esters is 2. The van der Waals surface area contributed by atoms with Gasteiger partial charge in [-0.15, -0.1) is 0 Å². The Kier molecular flexibility index (Phi) is 8.74. The molecule has 0 bridgehead atoms. The van der Waals surface area contributed by atoms with Gasteiger partial charge in [0.15, 0.2) is 0 Å². The van der Waals surface area contributed by atoms with Crippen LogP contribution < -0.4 is 0 Å². The monoisotopic (exact) mass is 374 g/mol. The first kappa shape index (κ1) is 22.9. The number of hydrogen-bond donors (Lipinski definition) is 0. The number of carbonyl (C=O) groups excluding carboxylic acids is 2. The lowest BCUT2D eigenvalue weighted by Crippen LogP contribution is -2.25. The highest BCUT2D eigenvalue weighted by atomic mass is 16.6. The molecule has 1 unspecified atom stereocenters. The lowest BCUT2D eigenvalue weighted by atomic mass is 9.90. The predicted octanol–water partition coefficient (Wildman–Crippen LogP) is 5.57. The molecular weight excluding hydrogens is 340 g/mol. The standard InChI is InChI=1S/C23H34O4/c1-22(2,3)26-20(24)16-12-8-11-15-19(18-13-9-7-10-14-18)17-21(25)27-23(4,5)6/h7,9-10,12-14,16,19H,8,11,15,17H2,1-6H3/b16-12+. The Hall–Kier alpha value is -2.10. The normalized spacial score (nSPS) is 13.4. The molecule has 4 nitrogen and oxygen atoms in total. The molecule has 0 heterocycles. The van der Waals surface area contributed by atoms with E-state index >= 15 is 0 Å². The third-order valence-corrected chi connectivity index (χ3v) is 3.69. The number of unbranched alkanes of at least 4 members (excludes halogenated alkanes) is 1. The zero-order valence-electron chi connectivity index (χ0n) is 17.6. The maximum atomic E-state index is 12.3. The summed E-state index contributed by atoms with van der Waals surface area (Å²) in [5, 5.41) is 0. The maximum absolute atomic E-state index is 12.3. The Labute approximate surface area is 163 Å². The van der Waals surface area contributed by atoms with Gasteiger partial charge in [-0.1, -0.05) is 36.4 Å². The lowest BCUT2D eigenvalue weighted by molar-refractivity contribution is -0.155.